The van der Waals surface area contributed by atoms with Gasteiger partial charge in [-0.3, -0.25) is 4.79 Å². The molecule has 0 saturated carbocycles. The third-order valence-corrected chi connectivity index (χ3v) is 4.81. The van der Waals surface area contributed by atoms with E-state index in [-0.39, 0.29) is 5.91 Å². The summed E-state index contributed by atoms with van der Waals surface area (Å²) in [7, 11) is 0. The third kappa shape index (κ3) is 3.32. The van der Waals surface area contributed by atoms with Crippen LogP contribution in [0.5, 0.6) is 0 Å². The number of thiophene rings is 1. The van der Waals surface area contributed by atoms with Gasteiger partial charge in [0.15, 0.2) is 0 Å². The number of rotatable bonds is 3. The first kappa shape index (κ1) is 15.3. The van der Waals surface area contributed by atoms with Crippen molar-refractivity contribution in [2.24, 2.45) is 0 Å². The quantitative estimate of drug-likeness (QED) is 0.930. The minimum Gasteiger partial charge on any atom is -0.316 e. The van der Waals surface area contributed by atoms with Gasteiger partial charge in [0.25, 0.3) is 0 Å². The highest BCUT2D eigenvalue weighted by atomic mass is 32.1. The van der Waals surface area contributed by atoms with Crippen LogP contribution in [0.25, 0.3) is 0 Å². The van der Waals surface area contributed by atoms with Gasteiger partial charge in [0.05, 0.1) is 12.0 Å². The molecule has 0 fully saturated rings. The highest BCUT2D eigenvalue weighted by Gasteiger charge is 2.14. The number of nitrogens with zero attached hydrogens (tertiary/aromatic N) is 1. The van der Waals surface area contributed by atoms with Crippen molar-refractivity contribution in [1.29, 1.82) is 5.26 Å². The Bertz CT molecular complexity index is 738. The summed E-state index contributed by atoms with van der Waals surface area (Å²) in [4.78, 5) is 13.2. The minimum absolute atomic E-state index is 0.0870. The second-order valence-corrected chi connectivity index (χ2v) is 6.47. The van der Waals surface area contributed by atoms with Crippen LogP contribution in [0.15, 0.2) is 18.2 Å². The lowest BCUT2D eigenvalue weighted by molar-refractivity contribution is -0.115. The predicted molar refractivity (Wildman–Crippen MR) is 86.8 cm³/mol. The molecule has 21 heavy (non-hydrogen) atoms. The van der Waals surface area contributed by atoms with Crippen molar-refractivity contribution in [3.63, 3.8) is 0 Å². The summed E-state index contributed by atoms with van der Waals surface area (Å²) < 4.78 is 0. The van der Waals surface area contributed by atoms with Gasteiger partial charge in [-0.15, -0.1) is 11.3 Å². The molecule has 3 nitrogen and oxygen atoms in total. The molecule has 1 aromatic heterocycles. The highest BCUT2D eigenvalue weighted by Crippen LogP contribution is 2.31. The zero-order chi connectivity index (χ0) is 15.6. The molecule has 0 unspecified atom stereocenters. The molecule has 4 heteroatoms. The molecule has 0 radical (unpaired) electrons. The summed E-state index contributed by atoms with van der Waals surface area (Å²) in [6.45, 7) is 7.95. The molecule has 2 rings (SSSR count). The van der Waals surface area contributed by atoms with Crippen LogP contribution in [-0.2, 0) is 11.2 Å². The second-order valence-electron chi connectivity index (χ2n) is 5.24. The fraction of sp³-hybridized carbons (Fsp3) is 0.294. The summed E-state index contributed by atoms with van der Waals surface area (Å²) in [5.74, 6) is -0.0870. The molecule has 1 amide bonds. The maximum atomic E-state index is 12.2. The number of carbonyl (C=O) groups is 1. The lowest BCUT2D eigenvalue weighted by Crippen LogP contribution is -2.14. The average molecular weight is 298 g/mol. The summed E-state index contributed by atoms with van der Waals surface area (Å²) in [5, 5.41) is 12.7. The van der Waals surface area contributed by atoms with Gasteiger partial charge in [-0.05, 0) is 49.9 Å². The average Bonchev–Trinajstić information content (AvgIpc) is 2.68. The van der Waals surface area contributed by atoms with Crippen LogP contribution in [0.2, 0.25) is 0 Å². The molecule has 0 aliphatic heterocycles. The largest absolute Gasteiger partial charge is 0.316 e. The number of hydrogen-bond acceptors (Lipinski definition) is 3. The number of benzene rings is 1. The molecular weight excluding hydrogens is 280 g/mol. The van der Waals surface area contributed by atoms with Gasteiger partial charge < -0.3 is 5.32 Å². The van der Waals surface area contributed by atoms with Crippen LogP contribution in [0.3, 0.4) is 0 Å². The highest BCUT2D eigenvalue weighted by molar-refractivity contribution is 7.16. The van der Waals surface area contributed by atoms with E-state index in [4.69, 9.17) is 0 Å². The van der Waals surface area contributed by atoms with E-state index in [0.717, 1.165) is 16.0 Å². The summed E-state index contributed by atoms with van der Waals surface area (Å²) in [6.07, 6.45) is 0.321. The zero-order valence-electron chi connectivity index (χ0n) is 12.7. The molecule has 0 spiro atoms. The van der Waals surface area contributed by atoms with Gasteiger partial charge in [0.1, 0.15) is 11.1 Å². The fourth-order valence-corrected chi connectivity index (χ4v) is 3.15. The van der Waals surface area contributed by atoms with Crippen molar-refractivity contribution in [3.05, 3.63) is 50.9 Å². The normalized spacial score (nSPS) is 10.2. The van der Waals surface area contributed by atoms with Crippen LogP contribution < -0.4 is 5.32 Å². The first-order valence-corrected chi connectivity index (χ1v) is 7.60. The van der Waals surface area contributed by atoms with Crippen molar-refractivity contribution >= 4 is 22.2 Å². The Hall–Kier alpha value is -2.12. The number of nitrogens with one attached hydrogen (secondary N) is 1. The van der Waals surface area contributed by atoms with Crippen LogP contribution in [0.1, 0.15) is 32.7 Å². The van der Waals surface area contributed by atoms with Crippen LogP contribution in [-0.4, -0.2) is 5.91 Å². The Kier molecular flexibility index (Phi) is 4.44. The van der Waals surface area contributed by atoms with Gasteiger partial charge in [-0.25, -0.2) is 0 Å². The second kappa shape index (κ2) is 6.11. The third-order valence-electron chi connectivity index (χ3n) is 3.69. The molecule has 0 aliphatic carbocycles. The molecule has 0 saturated heterocycles. The van der Waals surface area contributed by atoms with Crippen LogP contribution in [0.4, 0.5) is 5.00 Å². The number of carbonyl (C=O) groups excluding carboxylic acids is 1. The number of anilines is 1. The molecule has 1 heterocycles. The first-order chi connectivity index (χ1) is 9.92. The Morgan fingerprint density at radius 3 is 2.57 bits per heavy atom. The number of amides is 1. The summed E-state index contributed by atoms with van der Waals surface area (Å²) in [5.41, 5.74) is 4.91. The number of hydrogen-bond donors (Lipinski definition) is 1. The summed E-state index contributed by atoms with van der Waals surface area (Å²) in [6, 6.07) is 8.20. The topological polar surface area (TPSA) is 52.9 Å². The molecule has 1 aromatic carbocycles. The standard InChI is InChI=1S/C17H18N2OS/c1-10-5-6-14(7-11(10)2)8-16(20)19-17-15(9-18)12(3)13(4)21-17/h5-7H,8H2,1-4H3,(H,19,20). The van der Waals surface area contributed by atoms with E-state index in [1.807, 2.05) is 39.0 Å². The zero-order valence-corrected chi connectivity index (χ0v) is 13.5. The van der Waals surface area contributed by atoms with Gasteiger partial charge >= 0.3 is 0 Å². The fourth-order valence-electron chi connectivity index (χ4n) is 2.12. The maximum Gasteiger partial charge on any atom is 0.229 e. The van der Waals surface area contributed by atoms with Crippen LogP contribution in [0, 0.1) is 39.0 Å². The van der Waals surface area contributed by atoms with E-state index in [2.05, 4.69) is 18.3 Å². The monoisotopic (exact) mass is 298 g/mol. The Labute approximate surface area is 129 Å². The lowest BCUT2D eigenvalue weighted by Gasteiger charge is -2.06. The van der Waals surface area contributed by atoms with E-state index < -0.39 is 0 Å². The van der Waals surface area contributed by atoms with Crippen molar-refractivity contribution in [2.45, 2.75) is 34.1 Å². The first-order valence-electron chi connectivity index (χ1n) is 6.78. The van der Waals surface area contributed by atoms with Crippen molar-refractivity contribution in [1.82, 2.24) is 0 Å². The van der Waals surface area contributed by atoms with Gasteiger partial charge in [-0.2, -0.15) is 5.26 Å². The molecule has 0 bridgehead atoms. The maximum absolute atomic E-state index is 12.2. The minimum atomic E-state index is -0.0870. The van der Waals surface area contributed by atoms with Gasteiger partial charge in [-0.1, -0.05) is 18.2 Å². The van der Waals surface area contributed by atoms with E-state index in [1.165, 1.54) is 22.5 Å². The Balaban J connectivity index is 2.14. The molecule has 2 aromatic rings. The molecule has 1 N–H and O–H groups in total. The van der Waals surface area contributed by atoms with Crippen molar-refractivity contribution < 1.29 is 4.79 Å². The predicted octanol–water partition coefficient (Wildman–Crippen LogP) is 4.03. The Morgan fingerprint density at radius 1 is 1.24 bits per heavy atom. The van der Waals surface area contributed by atoms with Crippen molar-refractivity contribution in [2.75, 3.05) is 5.32 Å². The van der Waals surface area contributed by atoms with Crippen molar-refractivity contribution in [3.8, 4) is 6.07 Å². The number of aryl methyl sites for hydroxylation is 3. The lowest BCUT2D eigenvalue weighted by atomic mass is 10.0. The van der Waals surface area contributed by atoms with Gasteiger partial charge in [0.2, 0.25) is 5.91 Å². The Morgan fingerprint density at radius 2 is 1.95 bits per heavy atom. The van der Waals surface area contributed by atoms with E-state index in [1.54, 1.807) is 0 Å². The van der Waals surface area contributed by atoms with E-state index in [9.17, 15) is 10.1 Å². The van der Waals surface area contributed by atoms with Crippen LogP contribution >= 0.6 is 11.3 Å². The van der Waals surface area contributed by atoms with E-state index >= 15 is 0 Å². The number of nitriles is 1. The molecular formula is C17H18N2OS. The summed E-state index contributed by atoms with van der Waals surface area (Å²) >= 11 is 1.46. The molecule has 108 valence electrons. The van der Waals surface area contributed by atoms with Gasteiger partial charge in [0, 0.05) is 4.88 Å². The molecule has 0 atom stereocenters. The SMILES string of the molecule is Cc1ccc(CC(=O)Nc2sc(C)c(C)c2C#N)cc1C. The smallest absolute Gasteiger partial charge is 0.229 e. The molecule has 0 aliphatic rings. The van der Waals surface area contributed by atoms with E-state index in [0.29, 0.717) is 17.0 Å².